The summed E-state index contributed by atoms with van der Waals surface area (Å²) in [5.41, 5.74) is 7.23. The van der Waals surface area contributed by atoms with Crippen molar-refractivity contribution >= 4 is 44.6 Å². The number of carbonyl (C=O) groups is 2. The highest BCUT2D eigenvalue weighted by molar-refractivity contribution is 9.10. The molecule has 4 nitrogen and oxygen atoms in total. The van der Waals surface area contributed by atoms with Crippen molar-refractivity contribution in [2.45, 2.75) is 6.92 Å². The fraction of sp³-hybridized carbons (Fsp3) is 0.0476. The summed E-state index contributed by atoms with van der Waals surface area (Å²) < 4.78 is 0.840. The fourth-order valence-electron chi connectivity index (χ4n) is 2.53. The third kappa shape index (κ3) is 4.18. The third-order valence-electron chi connectivity index (χ3n) is 3.97. The SMILES string of the molecule is Cc1ccc(C(=O)NNC(=O)C=Cc2cccc3ccccc23)cc1Br. The molecule has 0 heterocycles. The van der Waals surface area contributed by atoms with Crippen LogP contribution < -0.4 is 10.9 Å². The van der Waals surface area contributed by atoms with Gasteiger partial charge < -0.3 is 0 Å². The van der Waals surface area contributed by atoms with E-state index in [4.69, 9.17) is 0 Å². The van der Waals surface area contributed by atoms with Crippen LogP contribution in [-0.2, 0) is 4.79 Å². The molecule has 0 saturated heterocycles. The molecule has 26 heavy (non-hydrogen) atoms. The zero-order valence-electron chi connectivity index (χ0n) is 14.1. The third-order valence-corrected chi connectivity index (χ3v) is 4.83. The van der Waals surface area contributed by atoms with E-state index in [2.05, 4.69) is 26.8 Å². The van der Waals surface area contributed by atoms with Crippen LogP contribution in [-0.4, -0.2) is 11.8 Å². The first-order chi connectivity index (χ1) is 12.5. The molecule has 0 radical (unpaired) electrons. The van der Waals surface area contributed by atoms with E-state index in [1.54, 1.807) is 18.2 Å². The Labute approximate surface area is 160 Å². The lowest BCUT2D eigenvalue weighted by atomic mass is 10.0. The molecule has 0 spiro atoms. The maximum atomic E-state index is 12.1. The number of amides is 2. The quantitative estimate of drug-likeness (QED) is 0.498. The van der Waals surface area contributed by atoms with Gasteiger partial charge in [-0.05, 0) is 47.0 Å². The van der Waals surface area contributed by atoms with Crippen molar-refractivity contribution < 1.29 is 9.59 Å². The molecular formula is C21H17BrN2O2. The standard InChI is InChI=1S/C21H17BrN2O2/c1-14-9-10-17(13-19(14)22)21(26)24-23-20(25)12-11-16-7-4-6-15-5-2-3-8-18(15)16/h2-13H,1H3,(H,23,25)(H,24,26). The van der Waals surface area contributed by atoms with Crippen molar-refractivity contribution in [1.29, 1.82) is 0 Å². The molecule has 0 aliphatic heterocycles. The Kier molecular flexibility index (Phi) is 5.49. The highest BCUT2D eigenvalue weighted by Gasteiger charge is 2.07. The van der Waals surface area contributed by atoms with Crippen LogP contribution in [0.2, 0.25) is 0 Å². The van der Waals surface area contributed by atoms with Gasteiger partial charge in [0.15, 0.2) is 0 Å². The topological polar surface area (TPSA) is 58.2 Å². The number of hydrogen-bond acceptors (Lipinski definition) is 2. The molecule has 0 aliphatic carbocycles. The molecule has 0 atom stereocenters. The van der Waals surface area contributed by atoms with Crippen LogP contribution in [0.3, 0.4) is 0 Å². The van der Waals surface area contributed by atoms with Gasteiger partial charge in [-0.2, -0.15) is 0 Å². The molecule has 0 saturated carbocycles. The first-order valence-corrected chi connectivity index (χ1v) is 8.86. The Balaban J connectivity index is 1.64. The Hall–Kier alpha value is -2.92. The average molecular weight is 409 g/mol. The van der Waals surface area contributed by atoms with Crippen molar-refractivity contribution in [2.24, 2.45) is 0 Å². The molecule has 0 fully saturated rings. The summed E-state index contributed by atoms with van der Waals surface area (Å²) in [5, 5.41) is 2.17. The van der Waals surface area contributed by atoms with E-state index in [-0.39, 0.29) is 5.91 Å². The van der Waals surface area contributed by atoms with Gasteiger partial charge in [0.2, 0.25) is 0 Å². The lowest BCUT2D eigenvalue weighted by molar-refractivity contribution is -0.117. The molecule has 3 rings (SSSR count). The lowest BCUT2D eigenvalue weighted by Crippen LogP contribution is -2.40. The Bertz CT molecular complexity index is 1010. The first kappa shape index (κ1) is 17.9. The van der Waals surface area contributed by atoms with Gasteiger partial charge in [0.1, 0.15) is 0 Å². The summed E-state index contributed by atoms with van der Waals surface area (Å²) in [6, 6.07) is 19.1. The van der Waals surface area contributed by atoms with Crippen LogP contribution in [0.5, 0.6) is 0 Å². The van der Waals surface area contributed by atoms with Gasteiger partial charge in [0.05, 0.1) is 0 Å². The zero-order chi connectivity index (χ0) is 18.5. The Morgan fingerprint density at radius 3 is 2.54 bits per heavy atom. The highest BCUT2D eigenvalue weighted by atomic mass is 79.9. The molecule has 2 amide bonds. The second-order valence-corrected chi connectivity index (χ2v) is 6.66. The van der Waals surface area contributed by atoms with Crippen LogP contribution in [0.25, 0.3) is 16.8 Å². The van der Waals surface area contributed by atoms with Crippen molar-refractivity contribution in [2.75, 3.05) is 0 Å². The van der Waals surface area contributed by atoms with Gasteiger partial charge in [-0.3, -0.25) is 20.4 Å². The number of benzene rings is 3. The lowest BCUT2D eigenvalue weighted by Gasteiger charge is -2.07. The molecule has 0 aliphatic rings. The molecular weight excluding hydrogens is 392 g/mol. The number of carbonyl (C=O) groups excluding carboxylic acids is 2. The molecule has 0 bridgehead atoms. The summed E-state index contributed by atoms with van der Waals surface area (Å²) >= 11 is 3.39. The Morgan fingerprint density at radius 1 is 0.962 bits per heavy atom. The van der Waals surface area contributed by atoms with Crippen molar-refractivity contribution in [3.05, 3.63) is 87.9 Å². The van der Waals surface area contributed by atoms with E-state index in [1.165, 1.54) is 6.08 Å². The number of halogens is 1. The van der Waals surface area contributed by atoms with Crippen LogP contribution >= 0.6 is 15.9 Å². The fourth-order valence-corrected chi connectivity index (χ4v) is 2.91. The monoisotopic (exact) mass is 408 g/mol. The predicted molar refractivity (Wildman–Crippen MR) is 107 cm³/mol. The van der Waals surface area contributed by atoms with Gasteiger partial charge in [-0.25, -0.2) is 0 Å². The van der Waals surface area contributed by atoms with Gasteiger partial charge >= 0.3 is 0 Å². The highest BCUT2D eigenvalue weighted by Crippen LogP contribution is 2.19. The number of fused-ring (bicyclic) bond motifs is 1. The summed E-state index contributed by atoms with van der Waals surface area (Å²) in [6.45, 7) is 1.94. The minimum atomic E-state index is -0.405. The van der Waals surface area contributed by atoms with Gasteiger partial charge in [-0.1, -0.05) is 64.5 Å². The molecule has 0 aromatic heterocycles. The van der Waals surface area contributed by atoms with Gasteiger partial charge in [-0.15, -0.1) is 0 Å². The van der Waals surface area contributed by atoms with Crippen molar-refractivity contribution in [3.63, 3.8) is 0 Å². The minimum Gasteiger partial charge on any atom is -0.268 e. The smallest absolute Gasteiger partial charge is 0.268 e. The Morgan fingerprint density at radius 2 is 1.73 bits per heavy atom. The van der Waals surface area contributed by atoms with Crippen LogP contribution in [0.15, 0.2) is 71.2 Å². The minimum absolute atomic E-state index is 0.377. The molecule has 3 aromatic carbocycles. The normalized spacial score (nSPS) is 10.8. The number of nitrogens with one attached hydrogen (secondary N) is 2. The van der Waals surface area contributed by atoms with Crippen molar-refractivity contribution in [3.8, 4) is 0 Å². The first-order valence-electron chi connectivity index (χ1n) is 8.07. The van der Waals surface area contributed by atoms with Crippen molar-refractivity contribution in [1.82, 2.24) is 10.9 Å². The number of aryl methyl sites for hydroxylation is 1. The largest absolute Gasteiger partial charge is 0.269 e. The predicted octanol–water partition coefficient (Wildman–Crippen LogP) is 4.39. The maximum absolute atomic E-state index is 12.1. The van der Waals surface area contributed by atoms with Crippen LogP contribution in [0.4, 0.5) is 0 Å². The average Bonchev–Trinajstić information content (AvgIpc) is 2.66. The second-order valence-electron chi connectivity index (χ2n) is 5.81. The number of hydrogen-bond donors (Lipinski definition) is 2. The van der Waals surface area contributed by atoms with E-state index in [1.807, 2.05) is 55.5 Å². The molecule has 130 valence electrons. The second kappa shape index (κ2) is 7.97. The molecule has 5 heteroatoms. The summed E-state index contributed by atoms with van der Waals surface area (Å²) in [5.74, 6) is -0.782. The van der Waals surface area contributed by atoms with Crippen LogP contribution in [0, 0.1) is 6.92 Å². The number of hydrazine groups is 1. The summed E-state index contributed by atoms with van der Waals surface area (Å²) in [7, 11) is 0. The summed E-state index contributed by atoms with van der Waals surface area (Å²) in [6.07, 6.45) is 3.12. The van der Waals surface area contributed by atoms with E-state index in [0.29, 0.717) is 5.56 Å². The van der Waals surface area contributed by atoms with E-state index < -0.39 is 5.91 Å². The molecule has 2 N–H and O–H groups in total. The summed E-state index contributed by atoms with van der Waals surface area (Å²) in [4.78, 5) is 24.1. The number of rotatable bonds is 3. The van der Waals surface area contributed by atoms with Gasteiger partial charge in [0.25, 0.3) is 11.8 Å². The molecule has 0 unspecified atom stereocenters. The maximum Gasteiger partial charge on any atom is 0.269 e. The van der Waals surface area contributed by atoms with E-state index >= 15 is 0 Å². The van der Waals surface area contributed by atoms with E-state index in [9.17, 15) is 9.59 Å². The molecule has 3 aromatic rings. The van der Waals surface area contributed by atoms with E-state index in [0.717, 1.165) is 26.4 Å². The van der Waals surface area contributed by atoms with Crippen LogP contribution in [0.1, 0.15) is 21.5 Å². The zero-order valence-corrected chi connectivity index (χ0v) is 15.7. The van der Waals surface area contributed by atoms with Gasteiger partial charge in [0, 0.05) is 16.1 Å².